The number of carboxylic acid groups (broad SMARTS) is 2. The highest BCUT2D eigenvalue weighted by Gasteiger charge is 2.71. The molecule has 0 amide bonds. The summed E-state index contributed by atoms with van der Waals surface area (Å²) >= 11 is 0. The Morgan fingerprint density at radius 3 is 2.05 bits per heavy atom. The van der Waals surface area contributed by atoms with Gasteiger partial charge in [-0.3, -0.25) is 0 Å². The van der Waals surface area contributed by atoms with Crippen molar-refractivity contribution < 1.29 is 38.9 Å². The lowest BCUT2D eigenvalue weighted by Crippen LogP contribution is -2.67. The number of ether oxygens (including phenoxy) is 2. The van der Waals surface area contributed by atoms with Gasteiger partial charge in [-0.15, -0.1) is 0 Å². The third-order valence-corrected chi connectivity index (χ3v) is 14.3. The molecule has 0 heterocycles. The van der Waals surface area contributed by atoms with Crippen LogP contribution in [0.15, 0.2) is 12.2 Å². The second-order valence-corrected chi connectivity index (χ2v) is 16.0. The van der Waals surface area contributed by atoms with Crippen molar-refractivity contribution in [3.63, 3.8) is 0 Å². The molecule has 8 nitrogen and oxygen atoms in total. The van der Waals surface area contributed by atoms with E-state index < -0.39 is 30.0 Å². The molecule has 0 aromatic rings. The molecule has 42 heavy (non-hydrogen) atoms. The van der Waals surface area contributed by atoms with Gasteiger partial charge in [0.15, 0.2) is 0 Å². The Kier molecular flexibility index (Phi) is 7.46. The molecule has 5 aliphatic rings. The first-order valence-electron chi connectivity index (χ1n) is 15.9. The van der Waals surface area contributed by atoms with Crippen molar-refractivity contribution in [2.75, 3.05) is 6.61 Å². The maximum atomic E-state index is 12.0. The number of fused-ring (bicyclic) bond motifs is 7. The van der Waals surface area contributed by atoms with Gasteiger partial charge >= 0.3 is 23.9 Å². The van der Waals surface area contributed by atoms with Crippen molar-refractivity contribution in [1.82, 2.24) is 0 Å². The van der Waals surface area contributed by atoms with Gasteiger partial charge in [0.1, 0.15) is 6.10 Å². The lowest BCUT2D eigenvalue weighted by atomic mass is 9.32. The molecule has 0 aromatic carbocycles. The van der Waals surface area contributed by atoms with Gasteiger partial charge in [0.25, 0.3) is 0 Å². The number of carboxylic acids is 2. The summed E-state index contributed by atoms with van der Waals surface area (Å²) in [6.07, 6.45) is 9.31. The number of allylic oxidation sites excluding steroid dienone is 1. The molecule has 0 saturated heterocycles. The van der Waals surface area contributed by atoms with Crippen LogP contribution in [-0.4, -0.2) is 46.8 Å². The highest BCUT2D eigenvalue weighted by atomic mass is 16.6. The lowest BCUT2D eigenvalue weighted by molar-refractivity contribution is -0.252. The van der Waals surface area contributed by atoms with Gasteiger partial charge < -0.3 is 19.7 Å². The van der Waals surface area contributed by atoms with Crippen LogP contribution in [-0.2, 0) is 28.7 Å². The zero-order chi connectivity index (χ0) is 31.0. The fourth-order valence-corrected chi connectivity index (χ4v) is 12.2. The first-order chi connectivity index (χ1) is 19.4. The number of hydrogen-bond acceptors (Lipinski definition) is 6. The van der Waals surface area contributed by atoms with E-state index in [2.05, 4.69) is 48.1 Å². The molecule has 0 bridgehead atoms. The van der Waals surface area contributed by atoms with Crippen molar-refractivity contribution in [1.29, 1.82) is 0 Å². The van der Waals surface area contributed by atoms with E-state index in [9.17, 15) is 29.4 Å². The second-order valence-electron chi connectivity index (χ2n) is 16.0. The van der Waals surface area contributed by atoms with Gasteiger partial charge in [0, 0.05) is 10.8 Å². The van der Waals surface area contributed by atoms with Crippen LogP contribution in [0.3, 0.4) is 0 Å². The summed E-state index contributed by atoms with van der Waals surface area (Å²) in [4.78, 5) is 46.6. The standard InChI is InChI=1S/C34H50O8/c1-19(2)20-10-15-34(18-41-28(39)26(35)36)17-16-32(6)21(25(20)34)8-9-23-31(5)13-12-24(42-29(40)27(37)38)30(3,4)22(31)11-14-33(23,32)7/h20-25H,1,8-18H2,2-7H3,(H,35,36)(H,37,38)/t20-,21+,22-,23+,24-,25+,31-,32+,33+,34+/m0/s1. The Morgan fingerprint density at radius 1 is 0.762 bits per heavy atom. The molecule has 5 aliphatic carbocycles. The highest BCUT2D eigenvalue weighted by Crippen LogP contribution is 2.77. The van der Waals surface area contributed by atoms with E-state index in [1.165, 1.54) is 5.57 Å². The predicted molar refractivity (Wildman–Crippen MR) is 155 cm³/mol. The largest absolute Gasteiger partial charge is 0.473 e. The second kappa shape index (κ2) is 10.1. The number of esters is 2. The van der Waals surface area contributed by atoms with Crippen LogP contribution >= 0.6 is 0 Å². The summed E-state index contributed by atoms with van der Waals surface area (Å²) in [5, 5.41) is 18.4. The molecule has 0 radical (unpaired) electrons. The fourth-order valence-electron chi connectivity index (χ4n) is 12.2. The van der Waals surface area contributed by atoms with Crippen molar-refractivity contribution in [3.05, 3.63) is 12.2 Å². The first kappa shape index (κ1) is 31.1. The van der Waals surface area contributed by atoms with Crippen LogP contribution in [0.1, 0.15) is 106 Å². The quantitative estimate of drug-likeness (QED) is 0.224. The molecule has 0 unspecified atom stereocenters. The number of carbonyl (C=O) groups is 4. The summed E-state index contributed by atoms with van der Waals surface area (Å²) in [7, 11) is 0. The molecule has 5 rings (SSSR count). The van der Waals surface area contributed by atoms with E-state index in [0.29, 0.717) is 36.0 Å². The minimum Gasteiger partial charge on any atom is -0.473 e. The lowest BCUT2D eigenvalue weighted by Gasteiger charge is -2.73. The maximum Gasteiger partial charge on any atom is 0.417 e. The third kappa shape index (κ3) is 4.28. The molecular formula is C34H50O8. The van der Waals surface area contributed by atoms with Crippen LogP contribution in [0.4, 0.5) is 0 Å². The van der Waals surface area contributed by atoms with Crippen LogP contribution in [0.5, 0.6) is 0 Å². The third-order valence-electron chi connectivity index (χ3n) is 14.3. The Morgan fingerprint density at radius 2 is 1.43 bits per heavy atom. The van der Waals surface area contributed by atoms with E-state index in [1.807, 2.05) is 0 Å². The van der Waals surface area contributed by atoms with E-state index in [1.54, 1.807) is 0 Å². The van der Waals surface area contributed by atoms with Gasteiger partial charge in [0.05, 0.1) is 6.61 Å². The molecule has 8 heteroatoms. The summed E-state index contributed by atoms with van der Waals surface area (Å²) in [5.41, 5.74) is 0.846. The minimum atomic E-state index is -1.54. The molecule has 5 saturated carbocycles. The van der Waals surface area contributed by atoms with Gasteiger partial charge in [-0.2, -0.15) is 0 Å². The van der Waals surface area contributed by atoms with Gasteiger partial charge in [0.2, 0.25) is 0 Å². The molecule has 0 aliphatic heterocycles. The number of carbonyl (C=O) groups excluding carboxylic acids is 2. The van der Waals surface area contributed by atoms with E-state index in [4.69, 9.17) is 9.47 Å². The van der Waals surface area contributed by atoms with Crippen LogP contribution < -0.4 is 0 Å². The number of aliphatic carboxylic acids is 2. The summed E-state index contributed by atoms with van der Waals surface area (Å²) < 4.78 is 11.0. The molecule has 10 atom stereocenters. The van der Waals surface area contributed by atoms with E-state index in [0.717, 1.165) is 57.8 Å². The minimum absolute atomic E-state index is 0.0472. The summed E-state index contributed by atoms with van der Waals surface area (Å²) in [6, 6.07) is 0. The molecule has 2 N–H and O–H groups in total. The average Bonchev–Trinajstić information content (AvgIpc) is 3.29. The van der Waals surface area contributed by atoms with Crippen LogP contribution in [0.25, 0.3) is 0 Å². The molecule has 234 valence electrons. The number of hydrogen-bond donors (Lipinski definition) is 2. The van der Waals surface area contributed by atoms with Crippen molar-refractivity contribution in [2.24, 2.45) is 56.7 Å². The SMILES string of the molecule is C=C(C)[C@@H]1CC[C@]2(COC(=O)C(=O)O)CC[C@]3(C)[C@H](CC[C@@H]4[C@@]5(C)CC[C@H](OC(=O)C(=O)O)C(C)(C)[C@@H]5CC[C@]43C)[C@@H]12. The Balaban J connectivity index is 1.46. The zero-order valence-electron chi connectivity index (χ0n) is 26.3. The van der Waals surface area contributed by atoms with Crippen molar-refractivity contribution in [2.45, 2.75) is 112 Å². The van der Waals surface area contributed by atoms with Gasteiger partial charge in [-0.25, -0.2) is 19.2 Å². The number of rotatable bonds is 4. The molecule has 0 spiro atoms. The van der Waals surface area contributed by atoms with Gasteiger partial charge in [-0.05, 0) is 117 Å². The summed E-state index contributed by atoms with van der Waals surface area (Å²) in [5.74, 6) is -3.51. The maximum absolute atomic E-state index is 12.0. The van der Waals surface area contributed by atoms with E-state index >= 15 is 0 Å². The normalized spacial score (nSPS) is 45.3. The average molecular weight is 587 g/mol. The molecule has 0 aromatic heterocycles. The van der Waals surface area contributed by atoms with E-state index in [-0.39, 0.29) is 33.7 Å². The first-order valence-corrected chi connectivity index (χ1v) is 15.9. The Hall–Kier alpha value is -2.38. The van der Waals surface area contributed by atoms with Crippen molar-refractivity contribution >= 4 is 23.9 Å². The molecular weight excluding hydrogens is 536 g/mol. The Bertz CT molecular complexity index is 1190. The monoisotopic (exact) mass is 586 g/mol. The topological polar surface area (TPSA) is 127 Å². The van der Waals surface area contributed by atoms with Crippen molar-refractivity contribution in [3.8, 4) is 0 Å². The zero-order valence-corrected chi connectivity index (χ0v) is 26.3. The predicted octanol–water partition coefficient (Wildman–Crippen LogP) is 6.27. The van der Waals surface area contributed by atoms with Crippen LogP contribution in [0.2, 0.25) is 0 Å². The summed E-state index contributed by atoms with van der Waals surface area (Å²) in [6.45, 7) is 18.5. The Labute approximate surface area is 250 Å². The van der Waals surface area contributed by atoms with Crippen LogP contribution in [0, 0.1) is 56.7 Å². The highest BCUT2D eigenvalue weighted by molar-refractivity contribution is 6.29. The van der Waals surface area contributed by atoms with Gasteiger partial charge in [-0.1, -0.05) is 46.8 Å². The molecule has 5 fully saturated rings. The fraction of sp³-hybridized carbons (Fsp3) is 0.824. The smallest absolute Gasteiger partial charge is 0.417 e.